The van der Waals surface area contributed by atoms with Crippen LogP contribution < -0.4 is 10.5 Å². The summed E-state index contributed by atoms with van der Waals surface area (Å²) in [4.78, 5) is 2.45. The highest BCUT2D eigenvalue weighted by Crippen LogP contribution is 2.36. The molecule has 1 saturated heterocycles. The van der Waals surface area contributed by atoms with Gasteiger partial charge in [-0.3, -0.25) is 4.90 Å². The van der Waals surface area contributed by atoms with Gasteiger partial charge in [-0.25, -0.2) is 0 Å². The molecule has 1 aliphatic rings. The fraction of sp³-hybridized carbons (Fsp3) is 0.625. The summed E-state index contributed by atoms with van der Waals surface area (Å²) >= 11 is 0. The molecule has 3 unspecified atom stereocenters. The first-order valence-corrected chi connectivity index (χ1v) is 7.42. The number of ether oxygens (including phenoxy) is 1. The van der Waals surface area contributed by atoms with Gasteiger partial charge in [0.25, 0.3) is 0 Å². The number of phenolic OH excluding ortho intramolecular Hbond substituents is 1. The van der Waals surface area contributed by atoms with Crippen LogP contribution in [0.3, 0.4) is 0 Å². The van der Waals surface area contributed by atoms with Crippen LogP contribution >= 0.6 is 0 Å². The summed E-state index contributed by atoms with van der Waals surface area (Å²) in [5.41, 5.74) is 6.91. The Hall–Kier alpha value is -1.26. The van der Waals surface area contributed by atoms with Gasteiger partial charge in [0, 0.05) is 30.3 Å². The summed E-state index contributed by atoms with van der Waals surface area (Å²) in [7, 11) is 1.60. The van der Waals surface area contributed by atoms with E-state index in [0.717, 1.165) is 5.56 Å². The molecule has 4 heteroatoms. The van der Waals surface area contributed by atoms with E-state index in [-0.39, 0.29) is 11.8 Å². The molecule has 1 aromatic carbocycles. The summed E-state index contributed by atoms with van der Waals surface area (Å²) < 4.78 is 5.15. The molecule has 0 aromatic heterocycles. The Kier molecular flexibility index (Phi) is 4.89. The van der Waals surface area contributed by atoms with Crippen LogP contribution in [0.25, 0.3) is 0 Å². The fourth-order valence-electron chi connectivity index (χ4n) is 3.40. The van der Waals surface area contributed by atoms with Gasteiger partial charge in [0.2, 0.25) is 0 Å². The van der Waals surface area contributed by atoms with E-state index >= 15 is 0 Å². The van der Waals surface area contributed by atoms with Gasteiger partial charge in [-0.05, 0) is 32.8 Å². The van der Waals surface area contributed by atoms with Crippen molar-refractivity contribution in [2.45, 2.75) is 51.2 Å². The molecule has 3 atom stereocenters. The molecule has 0 saturated carbocycles. The molecule has 2 rings (SSSR count). The number of piperidine rings is 1. The lowest BCUT2D eigenvalue weighted by molar-refractivity contribution is 0.0567. The van der Waals surface area contributed by atoms with Crippen molar-refractivity contribution in [3.8, 4) is 11.5 Å². The molecule has 0 bridgehead atoms. The molecule has 0 aliphatic carbocycles. The van der Waals surface area contributed by atoms with Gasteiger partial charge in [0.1, 0.15) is 11.5 Å². The topological polar surface area (TPSA) is 58.7 Å². The molecule has 1 aliphatic heterocycles. The SMILES string of the molecule is COc1ccc(C(CN)N2C(C)CCCC2C)c(O)c1. The third-order valence-electron chi connectivity index (χ3n) is 4.44. The summed E-state index contributed by atoms with van der Waals surface area (Å²) in [5.74, 6) is 0.937. The Balaban J connectivity index is 2.31. The molecule has 0 radical (unpaired) electrons. The minimum Gasteiger partial charge on any atom is -0.507 e. The van der Waals surface area contributed by atoms with Gasteiger partial charge < -0.3 is 15.6 Å². The zero-order valence-corrected chi connectivity index (χ0v) is 12.7. The normalized spacial score (nSPS) is 25.4. The van der Waals surface area contributed by atoms with Crippen molar-refractivity contribution in [3.63, 3.8) is 0 Å². The van der Waals surface area contributed by atoms with Crippen molar-refractivity contribution in [1.82, 2.24) is 4.90 Å². The standard InChI is InChI=1S/C16H26N2O2/c1-11-5-4-6-12(2)18(11)15(10-17)14-8-7-13(20-3)9-16(14)19/h7-9,11-12,15,19H,4-6,10,17H2,1-3H3. The first kappa shape index (κ1) is 15.1. The highest BCUT2D eigenvalue weighted by molar-refractivity contribution is 5.41. The number of methoxy groups -OCH3 is 1. The zero-order chi connectivity index (χ0) is 14.7. The maximum Gasteiger partial charge on any atom is 0.124 e. The lowest BCUT2D eigenvalue weighted by atomic mass is 9.92. The van der Waals surface area contributed by atoms with Crippen LogP contribution in [-0.2, 0) is 0 Å². The van der Waals surface area contributed by atoms with Crippen LogP contribution in [0.4, 0.5) is 0 Å². The molecule has 3 N–H and O–H groups in total. The van der Waals surface area contributed by atoms with Crippen LogP contribution in [0.1, 0.15) is 44.7 Å². The number of aromatic hydroxyl groups is 1. The molecule has 0 spiro atoms. The Morgan fingerprint density at radius 1 is 1.35 bits per heavy atom. The van der Waals surface area contributed by atoms with Crippen molar-refractivity contribution < 1.29 is 9.84 Å². The Labute approximate surface area is 121 Å². The van der Waals surface area contributed by atoms with Crippen LogP contribution in [0.5, 0.6) is 11.5 Å². The smallest absolute Gasteiger partial charge is 0.124 e. The molecule has 112 valence electrons. The lowest BCUT2D eigenvalue weighted by Gasteiger charge is -2.44. The third-order valence-corrected chi connectivity index (χ3v) is 4.44. The third kappa shape index (κ3) is 2.91. The highest BCUT2D eigenvalue weighted by Gasteiger charge is 2.32. The van der Waals surface area contributed by atoms with E-state index in [2.05, 4.69) is 18.7 Å². The number of phenols is 1. The Morgan fingerprint density at radius 2 is 2.00 bits per heavy atom. The fourth-order valence-corrected chi connectivity index (χ4v) is 3.40. The largest absolute Gasteiger partial charge is 0.507 e. The van der Waals surface area contributed by atoms with Crippen molar-refractivity contribution in [1.29, 1.82) is 0 Å². The minimum absolute atomic E-state index is 0.0613. The van der Waals surface area contributed by atoms with E-state index in [9.17, 15) is 5.11 Å². The predicted octanol–water partition coefficient (Wildman–Crippen LogP) is 2.66. The monoisotopic (exact) mass is 278 g/mol. The minimum atomic E-state index is 0.0613. The van der Waals surface area contributed by atoms with E-state index in [1.165, 1.54) is 19.3 Å². The number of nitrogens with two attached hydrogens (primary N) is 1. The van der Waals surface area contributed by atoms with Gasteiger partial charge in [0.05, 0.1) is 13.2 Å². The number of hydrogen-bond donors (Lipinski definition) is 2. The van der Waals surface area contributed by atoms with Crippen molar-refractivity contribution in [2.75, 3.05) is 13.7 Å². The summed E-state index contributed by atoms with van der Waals surface area (Å²) in [6.45, 7) is 5.01. The Bertz CT molecular complexity index is 440. The molecule has 1 fully saturated rings. The van der Waals surface area contributed by atoms with Gasteiger partial charge >= 0.3 is 0 Å². The predicted molar refractivity (Wildman–Crippen MR) is 81.1 cm³/mol. The number of hydrogen-bond acceptors (Lipinski definition) is 4. The molecular weight excluding hydrogens is 252 g/mol. The van der Waals surface area contributed by atoms with Gasteiger partial charge in [0.15, 0.2) is 0 Å². The van der Waals surface area contributed by atoms with Crippen LogP contribution in [-0.4, -0.2) is 35.7 Å². The highest BCUT2D eigenvalue weighted by atomic mass is 16.5. The molecule has 0 amide bonds. The van der Waals surface area contributed by atoms with Crippen molar-refractivity contribution in [2.24, 2.45) is 5.73 Å². The second-order valence-electron chi connectivity index (χ2n) is 5.75. The summed E-state index contributed by atoms with van der Waals surface area (Å²) in [6.07, 6.45) is 3.65. The first-order chi connectivity index (χ1) is 9.58. The van der Waals surface area contributed by atoms with E-state index in [4.69, 9.17) is 10.5 Å². The van der Waals surface area contributed by atoms with Crippen LogP contribution in [0, 0.1) is 0 Å². The lowest BCUT2D eigenvalue weighted by Crippen LogP contribution is -2.48. The van der Waals surface area contributed by atoms with Gasteiger partial charge in [-0.1, -0.05) is 12.5 Å². The number of benzene rings is 1. The molecule has 1 heterocycles. The van der Waals surface area contributed by atoms with E-state index in [1.54, 1.807) is 13.2 Å². The second kappa shape index (κ2) is 6.46. The number of nitrogens with zero attached hydrogens (tertiary/aromatic N) is 1. The van der Waals surface area contributed by atoms with E-state index in [0.29, 0.717) is 24.4 Å². The maximum absolute atomic E-state index is 10.3. The molecule has 1 aromatic rings. The Morgan fingerprint density at radius 3 is 2.50 bits per heavy atom. The molecule has 4 nitrogen and oxygen atoms in total. The van der Waals surface area contributed by atoms with Gasteiger partial charge in [-0.15, -0.1) is 0 Å². The van der Waals surface area contributed by atoms with Crippen molar-refractivity contribution in [3.05, 3.63) is 23.8 Å². The zero-order valence-electron chi connectivity index (χ0n) is 12.7. The van der Waals surface area contributed by atoms with E-state index in [1.807, 2.05) is 12.1 Å². The van der Waals surface area contributed by atoms with Crippen LogP contribution in [0.2, 0.25) is 0 Å². The molecule has 20 heavy (non-hydrogen) atoms. The second-order valence-corrected chi connectivity index (χ2v) is 5.75. The van der Waals surface area contributed by atoms with Crippen LogP contribution in [0.15, 0.2) is 18.2 Å². The average molecular weight is 278 g/mol. The maximum atomic E-state index is 10.3. The quantitative estimate of drug-likeness (QED) is 0.889. The number of likely N-dealkylation sites (tertiary alicyclic amines) is 1. The van der Waals surface area contributed by atoms with E-state index < -0.39 is 0 Å². The molecular formula is C16H26N2O2. The summed E-state index contributed by atoms with van der Waals surface area (Å²) in [5, 5.41) is 10.3. The number of rotatable bonds is 4. The van der Waals surface area contributed by atoms with Gasteiger partial charge in [-0.2, -0.15) is 0 Å². The average Bonchev–Trinajstić information content (AvgIpc) is 2.43. The van der Waals surface area contributed by atoms with Crippen molar-refractivity contribution >= 4 is 0 Å². The summed E-state index contributed by atoms with van der Waals surface area (Å²) in [6, 6.07) is 6.53. The first-order valence-electron chi connectivity index (χ1n) is 7.42.